The molecule has 2 aromatic carbocycles. The van der Waals surface area contributed by atoms with E-state index in [9.17, 15) is 19.5 Å². The van der Waals surface area contributed by atoms with Gasteiger partial charge in [-0.1, -0.05) is 48.5 Å². The molecule has 35 heavy (non-hydrogen) atoms. The van der Waals surface area contributed by atoms with Gasteiger partial charge in [-0.05, 0) is 55.4 Å². The highest BCUT2D eigenvalue weighted by Gasteiger charge is 2.47. The van der Waals surface area contributed by atoms with E-state index < -0.39 is 35.2 Å². The highest BCUT2D eigenvalue weighted by atomic mass is 16.5. The summed E-state index contributed by atoms with van der Waals surface area (Å²) in [5.41, 5.74) is 2.41. The van der Waals surface area contributed by atoms with E-state index in [0.717, 1.165) is 28.7 Å². The molecule has 0 radical (unpaired) electrons. The van der Waals surface area contributed by atoms with Crippen molar-refractivity contribution in [3.63, 3.8) is 0 Å². The number of aliphatic carboxylic acids is 1. The monoisotopic (exact) mass is 480 g/mol. The van der Waals surface area contributed by atoms with E-state index in [1.54, 1.807) is 13.8 Å². The first-order valence-corrected chi connectivity index (χ1v) is 11.9. The molecule has 2 amide bonds. The second-order valence-corrected chi connectivity index (χ2v) is 9.92. The second kappa shape index (κ2) is 9.70. The molecule has 0 aromatic heterocycles. The largest absolute Gasteiger partial charge is 0.480 e. The highest BCUT2D eigenvalue weighted by Crippen LogP contribution is 2.44. The minimum Gasteiger partial charge on any atom is -0.480 e. The summed E-state index contributed by atoms with van der Waals surface area (Å²) in [6.07, 6.45) is 0.853. The Labute approximate surface area is 205 Å². The van der Waals surface area contributed by atoms with Crippen LogP contribution in [0.5, 0.6) is 0 Å². The standard InChI is InChI=1S/C27H32N2O6/c1-26(2,34-3)15-22(23(30)29-27(24(31)32)13-8-14-27)28-25(33)35-16-21-19-11-6-4-9-17(19)18-10-5-7-12-20(18)21/h4-7,9-12,21-22H,8,13-16H2,1-3H3,(H,28,33)(H,29,30)(H,31,32). The van der Waals surface area contributed by atoms with Crippen molar-refractivity contribution in [1.82, 2.24) is 10.6 Å². The summed E-state index contributed by atoms with van der Waals surface area (Å²) in [7, 11) is 1.52. The van der Waals surface area contributed by atoms with Crippen LogP contribution in [0.4, 0.5) is 4.79 Å². The quantitative estimate of drug-likeness (QED) is 0.503. The van der Waals surface area contributed by atoms with Gasteiger partial charge in [0, 0.05) is 19.4 Å². The smallest absolute Gasteiger partial charge is 0.407 e. The predicted molar refractivity (Wildman–Crippen MR) is 130 cm³/mol. The molecule has 2 aliphatic rings. The van der Waals surface area contributed by atoms with Crippen molar-refractivity contribution in [3.05, 3.63) is 59.7 Å². The first-order valence-electron chi connectivity index (χ1n) is 11.9. The van der Waals surface area contributed by atoms with Gasteiger partial charge in [0.25, 0.3) is 0 Å². The van der Waals surface area contributed by atoms with Gasteiger partial charge in [-0.15, -0.1) is 0 Å². The average molecular weight is 481 g/mol. The Hall–Kier alpha value is -3.39. The SMILES string of the molecule is COC(C)(C)CC(NC(=O)OCC1c2ccccc2-c2ccccc21)C(=O)NC1(C(=O)O)CCC1. The molecule has 1 fully saturated rings. The molecule has 0 spiro atoms. The fourth-order valence-corrected chi connectivity index (χ4v) is 4.81. The Morgan fingerprint density at radius 3 is 2.11 bits per heavy atom. The van der Waals surface area contributed by atoms with Crippen LogP contribution in [0.2, 0.25) is 0 Å². The molecule has 3 N–H and O–H groups in total. The van der Waals surface area contributed by atoms with E-state index in [1.807, 2.05) is 36.4 Å². The number of carboxylic acid groups (broad SMARTS) is 1. The third-order valence-electron chi connectivity index (χ3n) is 7.18. The van der Waals surface area contributed by atoms with Gasteiger partial charge in [-0.25, -0.2) is 9.59 Å². The van der Waals surface area contributed by atoms with Gasteiger partial charge in [0.2, 0.25) is 5.91 Å². The Morgan fingerprint density at radius 1 is 1.06 bits per heavy atom. The third-order valence-corrected chi connectivity index (χ3v) is 7.18. The Bertz CT molecular complexity index is 1080. The maximum Gasteiger partial charge on any atom is 0.407 e. The minimum atomic E-state index is -1.28. The molecule has 1 saturated carbocycles. The molecule has 2 aromatic rings. The number of amides is 2. The van der Waals surface area contributed by atoms with Crippen molar-refractivity contribution in [2.24, 2.45) is 0 Å². The zero-order chi connectivity index (χ0) is 25.2. The van der Waals surface area contributed by atoms with Crippen LogP contribution in [0.3, 0.4) is 0 Å². The number of carbonyl (C=O) groups excluding carboxylic acids is 2. The molecule has 0 saturated heterocycles. The highest BCUT2D eigenvalue weighted by molar-refractivity contribution is 5.92. The number of nitrogens with one attached hydrogen (secondary N) is 2. The zero-order valence-electron chi connectivity index (χ0n) is 20.3. The van der Waals surface area contributed by atoms with Crippen LogP contribution >= 0.6 is 0 Å². The lowest BCUT2D eigenvalue weighted by atomic mass is 9.76. The number of fused-ring (bicyclic) bond motifs is 3. The molecular formula is C27H32N2O6. The summed E-state index contributed by atoms with van der Waals surface area (Å²) in [5.74, 6) is -1.74. The topological polar surface area (TPSA) is 114 Å². The fraction of sp³-hybridized carbons (Fsp3) is 0.444. The summed E-state index contributed by atoms with van der Waals surface area (Å²) in [5, 5.41) is 14.9. The van der Waals surface area contributed by atoms with Crippen molar-refractivity contribution in [1.29, 1.82) is 0 Å². The first kappa shape index (κ1) is 24.7. The third kappa shape index (κ3) is 5.03. The van der Waals surface area contributed by atoms with Crippen LogP contribution in [0.1, 0.15) is 56.6 Å². The van der Waals surface area contributed by atoms with Crippen LogP contribution in [-0.4, -0.2) is 54.0 Å². The molecule has 0 aliphatic heterocycles. The van der Waals surface area contributed by atoms with E-state index in [0.29, 0.717) is 12.8 Å². The Morgan fingerprint density at radius 2 is 1.63 bits per heavy atom. The number of ether oxygens (including phenoxy) is 2. The van der Waals surface area contributed by atoms with Crippen LogP contribution in [0.15, 0.2) is 48.5 Å². The van der Waals surface area contributed by atoms with Gasteiger partial charge in [0.1, 0.15) is 18.2 Å². The number of hydrogen-bond donors (Lipinski definition) is 3. The summed E-state index contributed by atoms with van der Waals surface area (Å²) < 4.78 is 11.0. The number of methoxy groups -OCH3 is 1. The maximum absolute atomic E-state index is 13.1. The molecule has 2 aliphatic carbocycles. The van der Waals surface area contributed by atoms with E-state index >= 15 is 0 Å². The zero-order valence-corrected chi connectivity index (χ0v) is 20.3. The lowest BCUT2D eigenvalue weighted by Crippen LogP contribution is -2.63. The van der Waals surface area contributed by atoms with Gasteiger partial charge in [0.15, 0.2) is 0 Å². The molecule has 186 valence electrons. The molecule has 8 nitrogen and oxygen atoms in total. The van der Waals surface area contributed by atoms with Gasteiger partial charge in [0.05, 0.1) is 5.60 Å². The van der Waals surface area contributed by atoms with E-state index in [-0.39, 0.29) is 18.9 Å². The van der Waals surface area contributed by atoms with Gasteiger partial charge < -0.3 is 25.2 Å². The van der Waals surface area contributed by atoms with Crippen molar-refractivity contribution >= 4 is 18.0 Å². The Kier molecular flexibility index (Phi) is 6.85. The maximum atomic E-state index is 13.1. The number of hydrogen-bond acceptors (Lipinski definition) is 5. The first-order chi connectivity index (χ1) is 16.7. The molecule has 1 atom stereocenters. The molecule has 0 heterocycles. The van der Waals surface area contributed by atoms with Gasteiger partial charge in [-0.3, -0.25) is 4.79 Å². The molecule has 4 rings (SSSR count). The second-order valence-electron chi connectivity index (χ2n) is 9.92. The number of benzene rings is 2. The number of carbonyl (C=O) groups is 3. The Balaban J connectivity index is 1.45. The summed E-state index contributed by atoms with van der Waals surface area (Å²) in [6.45, 7) is 3.70. The summed E-state index contributed by atoms with van der Waals surface area (Å²) in [4.78, 5) is 37.6. The molecule has 0 bridgehead atoms. The van der Waals surface area contributed by atoms with E-state index in [1.165, 1.54) is 7.11 Å². The van der Waals surface area contributed by atoms with Crippen LogP contribution in [0, 0.1) is 0 Å². The van der Waals surface area contributed by atoms with Crippen LogP contribution in [-0.2, 0) is 19.1 Å². The summed E-state index contributed by atoms with van der Waals surface area (Å²) >= 11 is 0. The lowest BCUT2D eigenvalue weighted by Gasteiger charge is -2.39. The summed E-state index contributed by atoms with van der Waals surface area (Å²) in [6, 6.07) is 15.0. The van der Waals surface area contributed by atoms with Crippen molar-refractivity contribution < 1.29 is 29.0 Å². The van der Waals surface area contributed by atoms with Gasteiger partial charge in [-0.2, -0.15) is 0 Å². The number of carboxylic acids is 1. The molecule has 8 heteroatoms. The number of alkyl carbamates (subject to hydrolysis) is 1. The van der Waals surface area contributed by atoms with Gasteiger partial charge >= 0.3 is 12.1 Å². The normalized spacial score (nSPS) is 16.9. The van der Waals surface area contributed by atoms with Crippen molar-refractivity contribution in [2.45, 2.75) is 62.6 Å². The van der Waals surface area contributed by atoms with Crippen LogP contribution < -0.4 is 10.6 Å². The molecular weight excluding hydrogens is 448 g/mol. The average Bonchev–Trinajstić information content (AvgIpc) is 3.13. The van der Waals surface area contributed by atoms with Crippen molar-refractivity contribution in [2.75, 3.05) is 13.7 Å². The minimum absolute atomic E-state index is 0.110. The molecule has 1 unspecified atom stereocenters. The predicted octanol–water partition coefficient (Wildman–Crippen LogP) is 3.83. The van der Waals surface area contributed by atoms with E-state index in [2.05, 4.69) is 22.8 Å². The van der Waals surface area contributed by atoms with E-state index in [4.69, 9.17) is 9.47 Å². The van der Waals surface area contributed by atoms with Crippen molar-refractivity contribution in [3.8, 4) is 11.1 Å². The number of rotatable bonds is 9. The fourth-order valence-electron chi connectivity index (χ4n) is 4.81. The lowest BCUT2D eigenvalue weighted by molar-refractivity contribution is -0.152. The van der Waals surface area contributed by atoms with Crippen LogP contribution in [0.25, 0.3) is 11.1 Å².